The Hall–Kier alpha value is -0.823. The molecule has 0 fully saturated rings. The second-order valence-electron chi connectivity index (χ2n) is 10.4. The number of benzene rings is 1. The molecule has 0 radical (unpaired) electrons. The molecule has 1 aromatic rings. The molecular weight excluding hydrogens is 304 g/mol. The van der Waals surface area contributed by atoms with Crippen molar-refractivity contribution in [3.05, 3.63) is 40.0 Å². The maximum absolute atomic E-state index is 2.62. The van der Waals surface area contributed by atoms with Crippen molar-refractivity contribution in [1.29, 1.82) is 0 Å². The minimum Gasteiger partial charge on any atom is -0.0686 e. The van der Waals surface area contributed by atoms with Gasteiger partial charge in [0.1, 0.15) is 0 Å². The lowest BCUT2D eigenvalue weighted by Gasteiger charge is -2.33. The highest BCUT2D eigenvalue weighted by atomic mass is 28.3. The molecule has 24 heavy (non-hydrogen) atoms. The molecule has 2 aliphatic carbocycles. The van der Waals surface area contributed by atoms with Gasteiger partial charge in [0.25, 0.3) is 0 Å². The van der Waals surface area contributed by atoms with Crippen LogP contribution in [0.1, 0.15) is 88.6 Å². The summed E-state index contributed by atoms with van der Waals surface area (Å²) in [4.78, 5) is 0. The second-order valence-corrected chi connectivity index (χ2v) is 15.4. The van der Waals surface area contributed by atoms with Crippen molar-refractivity contribution in [2.24, 2.45) is 0 Å². The Morgan fingerprint density at radius 2 is 1.62 bits per heavy atom. The van der Waals surface area contributed by atoms with Crippen LogP contribution in [0.2, 0.25) is 19.1 Å². The van der Waals surface area contributed by atoms with Gasteiger partial charge in [-0.2, -0.15) is 0 Å². The van der Waals surface area contributed by atoms with E-state index >= 15 is 0 Å². The first-order valence-corrected chi connectivity index (χ1v) is 13.2. The quantitative estimate of drug-likeness (QED) is 0.509. The zero-order valence-corrected chi connectivity index (χ0v) is 18.1. The lowest BCUT2D eigenvalue weighted by atomic mass is 9.82. The summed E-state index contributed by atoms with van der Waals surface area (Å²) in [5.41, 5.74) is 9.38. The Bertz CT molecular complexity index is 688. The minimum atomic E-state index is -1.29. The van der Waals surface area contributed by atoms with Crippen LogP contribution >= 0.6 is 0 Å². The molecule has 0 spiro atoms. The fourth-order valence-corrected chi connectivity index (χ4v) is 9.77. The number of fused-ring (bicyclic) bond motifs is 2. The van der Waals surface area contributed by atoms with Crippen LogP contribution in [0.25, 0.3) is 6.08 Å². The number of allylic oxidation sites excluding steroid dienone is 1. The van der Waals surface area contributed by atoms with Crippen LogP contribution in [0.3, 0.4) is 0 Å². The van der Waals surface area contributed by atoms with E-state index in [1.54, 1.807) is 22.3 Å². The first-order valence-electron chi connectivity index (χ1n) is 9.87. The van der Waals surface area contributed by atoms with E-state index in [0.29, 0.717) is 10.8 Å². The lowest BCUT2D eigenvalue weighted by Crippen LogP contribution is -2.34. The van der Waals surface area contributed by atoms with Crippen molar-refractivity contribution < 1.29 is 0 Å². The molecule has 132 valence electrons. The molecule has 0 saturated carbocycles. The molecule has 1 aromatic carbocycles. The molecule has 0 aromatic heterocycles. The molecule has 0 saturated heterocycles. The van der Waals surface area contributed by atoms with Gasteiger partial charge < -0.3 is 0 Å². The minimum absolute atomic E-state index is 0.308. The molecule has 0 heterocycles. The number of hydrogen-bond donors (Lipinski definition) is 0. The van der Waals surface area contributed by atoms with Crippen LogP contribution in [0.4, 0.5) is 0 Å². The van der Waals surface area contributed by atoms with Gasteiger partial charge in [0.05, 0.1) is 8.07 Å². The molecule has 2 aliphatic rings. The standard InChI is InChI=1S/C23H36Si/c1-9-10-11-24(7,8)21-16(2)12-17-13-19-20(14-18(17)21)23(5,6)15-22(19,3)4/h12-14,21H,9-11,15H2,1-8H3. The summed E-state index contributed by atoms with van der Waals surface area (Å²) in [6.07, 6.45) is 6.48. The zero-order chi connectivity index (χ0) is 17.9. The molecule has 1 heteroatoms. The first-order chi connectivity index (χ1) is 11.0. The predicted octanol–water partition coefficient (Wildman–Crippen LogP) is 7.19. The predicted molar refractivity (Wildman–Crippen MR) is 111 cm³/mol. The molecular formula is C23H36Si. The van der Waals surface area contributed by atoms with E-state index in [-0.39, 0.29) is 0 Å². The average molecular weight is 341 g/mol. The SMILES string of the molecule is CCCC[Si](C)(C)C1C(C)=Cc2cc3c(cc21)C(C)(C)CC3(C)C. The van der Waals surface area contributed by atoms with Crippen LogP contribution in [-0.2, 0) is 10.8 Å². The maximum Gasteiger partial charge on any atom is 0.0600 e. The van der Waals surface area contributed by atoms with Crippen molar-refractivity contribution in [2.75, 3.05) is 0 Å². The van der Waals surface area contributed by atoms with E-state index in [9.17, 15) is 0 Å². The number of hydrogen-bond acceptors (Lipinski definition) is 0. The summed E-state index contributed by atoms with van der Waals surface area (Å²) < 4.78 is 0. The van der Waals surface area contributed by atoms with Gasteiger partial charge in [0, 0.05) is 5.54 Å². The van der Waals surface area contributed by atoms with E-state index in [4.69, 9.17) is 0 Å². The Balaban J connectivity index is 2.10. The monoisotopic (exact) mass is 340 g/mol. The average Bonchev–Trinajstić information content (AvgIpc) is 2.86. The van der Waals surface area contributed by atoms with E-state index < -0.39 is 8.07 Å². The van der Waals surface area contributed by atoms with Gasteiger partial charge in [-0.25, -0.2) is 0 Å². The Labute approximate surface area is 150 Å². The number of rotatable bonds is 4. The summed E-state index contributed by atoms with van der Waals surface area (Å²) in [7, 11) is -1.29. The third kappa shape index (κ3) is 2.73. The highest BCUT2D eigenvalue weighted by molar-refractivity contribution is 6.79. The molecule has 0 aliphatic heterocycles. The van der Waals surface area contributed by atoms with Crippen molar-refractivity contribution in [2.45, 2.75) is 96.3 Å². The summed E-state index contributed by atoms with van der Waals surface area (Å²) in [5.74, 6) is 0. The topological polar surface area (TPSA) is 0 Å². The largest absolute Gasteiger partial charge is 0.0686 e. The fraction of sp³-hybridized carbons (Fsp3) is 0.652. The Kier molecular flexibility index (Phi) is 4.19. The van der Waals surface area contributed by atoms with Crippen molar-refractivity contribution in [3.63, 3.8) is 0 Å². The summed E-state index contributed by atoms with van der Waals surface area (Å²) in [6.45, 7) is 19.7. The van der Waals surface area contributed by atoms with Crippen LogP contribution in [0.5, 0.6) is 0 Å². The summed E-state index contributed by atoms with van der Waals surface area (Å²) >= 11 is 0. The molecule has 0 bridgehead atoms. The Morgan fingerprint density at radius 1 is 1.04 bits per heavy atom. The van der Waals surface area contributed by atoms with Crippen molar-refractivity contribution >= 4 is 14.1 Å². The van der Waals surface area contributed by atoms with Crippen LogP contribution in [0.15, 0.2) is 17.7 Å². The normalized spacial score (nSPS) is 23.8. The van der Waals surface area contributed by atoms with Gasteiger partial charge in [0.2, 0.25) is 0 Å². The van der Waals surface area contributed by atoms with Crippen molar-refractivity contribution in [3.8, 4) is 0 Å². The van der Waals surface area contributed by atoms with Gasteiger partial charge in [0.15, 0.2) is 0 Å². The van der Waals surface area contributed by atoms with Gasteiger partial charge in [-0.15, -0.1) is 0 Å². The van der Waals surface area contributed by atoms with Crippen LogP contribution < -0.4 is 0 Å². The smallest absolute Gasteiger partial charge is 0.0600 e. The fourth-order valence-electron chi connectivity index (χ4n) is 5.81. The van der Waals surface area contributed by atoms with E-state index in [2.05, 4.69) is 72.8 Å². The maximum atomic E-state index is 2.62. The summed E-state index contributed by atoms with van der Waals surface area (Å²) in [6, 6.07) is 6.62. The third-order valence-corrected chi connectivity index (χ3v) is 10.6. The van der Waals surface area contributed by atoms with E-state index in [1.165, 1.54) is 30.9 Å². The van der Waals surface area contributed by atoms with E-state index in [0.717, 1.165) is 5.54 Å². The van der Waals surface area contributed by atoms with Crippen LogP contribution in [-0.4, -0.2) is 8.07 Å². The zero-order valence-electron chi connectivity index (χ0n) is 17.1. The molecule has 3 rings (SSSR count). The second kappa shape index (κ2) is 5.59. The Morgan fingerprint density at radius 3 is 2.21 bits per heavy atom. The third-order valence-electron chi connectivity index (χ3n) is 6.67. The highest BCUT2D eigenvalue weighted by Crippen LogP contribution is 2.53. The van der Waals surface area contributed by atoms with Gasteiger partial charge >= 0.3 is 0 Å². The molecule has 0 amide bonds. The van der Waals surface area contributed by atoms with Gasteiger partial charge in [-0.3, -0.25) is 0 Å². The van der Waals surface area contributed by atoms with Crippen molar-refractivity contribution in [1.82, 2.24) is 0 Å². The molecule has 1 atom stereocenters. The molecule has 0 N–H and O–H groups in total. The first kappa shape index (κ1) is 18.0. The lowest BCUT2D eigenvalue weighted by molar-refractivity contribution is 0.403. The van der Waals surface area contributed by atoms with Gasteiger partial charge in [-0.1, -0.05) is 90.4 Å². The number of unbranched alkanes of at least 4 members (excludes halogenated alkanes) is 1. The molecule has 1 unspecified atom stereocenters. The summed E-state index contributed by atoms with van der Waals surface area (Å²) in [5, 5.41) is 0. The van der Waals surface area contributed by atoms with Crippen LogP contribution in [0, 0.1) is 0 Å². The highest BCUT2D eigenvalue weighted by Gasteiger charge is 2.44. The molecule has 0 nitrogen and oxygen atoms in total. The van der Waals surface area contributed by atoms with E-state index in [1.807, 2.05) is 0 Å². The van der Waals surface area contributed by atoms with Gasteiger partial charge in [-0.05, 0) is 46.4 Å².